The minimum Gasteiger partial charge on any atom is -0.490 e. The summed E-state index contributed by atoms with van der Waals surface area (Å²) < 4.78 is 22.7. The van der Waals surface area contributed by atoms with Crippen molar-refractivity contribution in [2.45, 2.75) is 20.1 Å². The summed E-state index contributed by atoms with van der Waals surface area (Å²) in [5.41, 5.74) is 1.73. The molecule has 0 aliphatic carbocycles. The first-order valence-corrected chi connectivity index (χ1v) is 13.2. The molecule has 0 unspecified atom stereocenters. The van der Waals surface area contributed by atoms with Crippen molar-refractivity contribution < 1.29 is 33.0 Å². The molecule has 0 spiro atoms. The van der Waals surface area contributed by atoms with E-state index in [1.807, 2.05) is 31.2 Å². The van der Waals surface area contributed by atoms with E-state index < -0.39 is 17.9 Å². The maximum Gasteiger partial charge on any atom is 0.373 e. The van der Waals surface area contributed by atoms with E-state index >= 15 is 0 Å². The standard InChI is InChI=1S/C30H25BrN2O7/c1-3-38-26-14-20(23(31)15-27(26)39-17-19-9-6-8-18-7-4-5-10-22(18)19)13-24-28(34)33(30(36)32-24)16-21-11-12-25(40-21)29(35)37-2/h4-15H,3,16-17H2,1-2H3,(H,32,36)/b24-13-. The highest BCUT2D eigenvalue weighted by Crippen LogP contribution is 2.36. The molecular weight excluding hydrogens is 580 g/mol. The quantitative estimate of drug-likeness (QED) is 0.141. The third-order valence-electron chi connectivity index (χ3n) is 6.25. The molecule has 1 aliphatic heterocycles. The average Bonchev–Trinajstić information content (AvgIpc) is 3.54. The maximum absolute atomic E-state index is 13.0. The minimum absolute atomic E-state index is 0.0181. The van der Waals surface area contributed by atoms with Crippen molar-refractivity contribution in [2.75, 3.05) is 13.7 Å². The van der Waals surface area contributed by atoms with Crippen molar-refractivity contribution in [3.63, 3.8) is 0 Å². The van der Waals surface area contributed by atoms with E-state index in [0.717, 1.165) is 21.2 Å². The molecule has 1 aliphatic rings. The van der Waals surface area contributed by atoms with Crippen LogP contribution in [0, 0.1) is 0 Å². The fourth-order valence-electron chi connectivity index (χ4n) is 4.32. The molecule has 1 fully saturated rings. The third-order valence-corrected chi connectivity index (χ3v) is 6.94. The number of methoxy groups -OCH3 is 1. The predicted molar refractivity (Wildman–Crippen MR) is 151 cm³/mol. The number of fused-ring (bicyclic) bond motifs is 1. The molecule has 40 heavy (non-hydrogen) atoms. The number of hydrogen-bond acceptors (Lipinski definition) is 7. The van der Waals surface area contributed by atoms with Gasteiger partial charge in [-0.25, -0.2) is 9.59 Å². The number of imide groups is 1. The SMILES string of the molecule is CCOc1cc(/C=C2\NC(=O)N(Cc3ccc(C(=O)OC)o3)C2=O)c(Br)cc1OCc1cccc2ccccc12. The molecule has 0 saturated carbocycles. The zero-order valence-corrected chi connectivity index (χ0v) is 23.3. The summed E-state index contributed by atoms with van der Waals surface area (Å²) >= 11 is 3.56. The van der Waals surface area contributed by atoms with Crippen LogP contribution in [0.15, 0.2) is 81.3 Å². The molecule has 5 rings (SSSR count). The van der Waals surface area contributed by atoms with Gasteiger partial charge in [-0.15, -0.1) is 0 Å². The monoisotopic (exact) mass is 604 g/mol. The van der Waals surface area contributed by atoms with Gasteiger partial charge in [0.1, 0.15) is 18.1 Å². The van der Waals surface area contributed by atoms with Crippen molar-refractivity contribution in [2.24, 2.45) is 0 Å². The largest absolute Gasteiger partial charge is 0.490 e. The fourth-order valence-corrected chi connectivity index (χ4v) is 4.75. The molecule has 2 heterocycles. The second-order valence-electron chi connectivity index (χ2n) is 8.82. The van der Waals surface area contributed by atoms with Crippen molar-refractivity contribution in [3.05, 3.63) is 99.5 Å². The van der Waals surface area contributed by atoms with Crippen LogP contribution in [-0.2, 0) is 22.7 Å². The van der Waals surface area contributed by atoms with Gasteiger partial charge in [-0.1, -0.05) is 58.4 Å². The van der Waals surface area contributed by atoms with Crippen LogP contribution in [0.25, 0.3) is 16.8 Å². The number of carbonyl (C=O) groups excluding carboxylic acids is 3. The molecule has 1 saturated heterocycles. The number of nitrogens with zero attached hydrogens (tertiary/aromatic N) is 1. The number of furan rings is 1. The molecule has 3 aromatic carbocycles. The van der Waals surface area contributed by atoms with Crippen molar-refractivity contribution in [3.8, 4) is 11.5 Å². The van der Waals surface area contributed by atoms with Crippen molar-refractivity contribution in [1.29, 1.82) is 0 Å². The summed E-state index contributed by atoms with van der Waals surface area (Å²) in [6.07, 6.45) is 1.56. The van der Waals surface area contributed by atoms with E-state index in [0.29, 0.717) is 34.7 Å². The number of ether oxygens (including phenoxy) is 3. The molecule has 0 bridgehead atoms. The Hall–Kier alpha value is -4.57. The topological polar surface area (TPSA) is 107 Å². The van der Waals surface area contributed by atoms with Crippen LogP contribution in [0.2, 0.25) is 0 Å². The molecule has 0 radical (unpaired) electrons. The van der Waals surface area contributed by atoms with Gasteiger partial charge < -0.3 is 23.9 Å². The van der Waals surface area contributed by atoms with Crippen molar-refractivity contribution >= 4 is 50.7 Å². The van der Waals surface area contributed by atoms with Gasteiger partial charge >= 0.3 is 12.0 Å². The van der Waals surface area contributed by atoms with Gasteiger partial charge in [-0.05, 0) is 59.2 Å². The Kier molecular flexibility index (Phi) is 7.88. The van der Waals surface area contributed by atoms with Crippen LogP contribution in [0.3, 0.4) is 0 Å². The lowest BCUT2D eigenvalue weighted by Gasteiger charge is -2.15. The van der Waals surface area contributed by atoms with E-state index in [4.69, 9.17) is 13.9 Å². The Morgan fingerprint density at radius 3 is 2.60 bits per heavy atom. The Morgan fingerprint density at radius 1 is 1.02 bits per heavy atom. The average molecular weight is 605 g/mol. The zero-order chi connectivity index (χ0) is 28.2. The molecule has 3 amide bonds. The lowest BCUT2D eigenvalue weighted by Crippen LogP contribution is -2.30. The Balaban J connectivity index is 1.36. The van der Waals surface area contributed by atoms with E-state index in [1.54, 1.807) is 18.2 Å². The number of urea groups is 1. The van der Waals surface area contributed by atoms with E-state index in [1.165, 1.54) is 19.2 Å². The fraction of sp³-hybridized carbons (Fsp3) is 0.167. The highest BCUT2D eigenvalue weighted by atomic mass is 79.9. The number of hydrogen-bond donors (Lipinski definition) is 1. The van der Waals surface area contributed by atoms with Gasteiger partial charge in [-0.2, -0.15) is 0 Å². The number of esters is 1. The highest BCUT2D eigenvalue weighted by Gasteiger charge is 2.34. The summed E-state index contributed by atoms with van der Waals surface area (Å²) in [5, 5.41) is 4.83. The van der Waals surface area contributed by atoms with Gasteiger partial charge in [0.2, 0.25) is 5.76 Å². The van der Waals surface area contributed by atoms with Crippen LogP contribution < -0.4 is 14.8 Å². The molecule has 10 heteroatoms. The molecule has 1 N–H and O–H groups in total. The molecule has 4 aromatic rings. The van der Waals surface area contributed by atoms with Crippen LogP contribution in [0.1, 0.15) is 34.4 Å². The molecule has 0 atom stereocenters. The second-order valence-corrected chi connectivity index (χ2v) is 9.67. The van der Waals surface area contributed by atoms with Crippen LogP contribution in [-0.4, -0.2) is 36.5 Å². The predicted octanol–water partition coefficient (Wildman–Crippen LogP) is 6.05. The first-order valence-electron chi connectivity index (χ1n) is 12.4. The Morgan fingerprint density at radius 2 is 1.80 bits per heavy atom. The first kappa shape index (κ1) is 27.0. The van der Waals surface area contributed by atoms with Gasteiger partial charge in [-0.3, -0.25) is 9.69 Å². The summed E-state index contributed by atoms with van der Waals surface area (Å²) in [6, 6.07) is 20.0. The normalized spacial score (nSPS) is 14.1. The van der Waals surface area contributed by atoms with Gasteiger partial charge in [0.15, 0.2) is 11.5 Å². The second kappa shape index (κ2) is 11.7. The minimum atomic E-state index is -0.650. The van der Waals surface area contributed by atoms with Gasteiger partial charge in [0, 0.05) is 4.47 Å². The van der Waals surface area contributed by atoms with Gasteiger partial charge in [0.25, 0.3) is 5.91 Å². The van der Waals surface area contributed by atoms with Crippen LogP contribution >= 0.6 is 15.9 Å². The number of amides is 3. The van der Waals surface area contributed by atoms with E-state index in [2.05, 4.69) is 44.2 Å². The first-order chi connectivity index (χ1) is 19.4. The third kappa shape index (κ3) is 5.57. The lowest BCUT2D eigenvalue weighted by molar-refractivity contribution is -0.123. The van der Waals surface area contributed by atoms with E-state index in [-0.39, 0.29) is 23.8 Å². The molecule has 204 valence electrons. The number of benzene rings is 3. The number of carbonyl (C=O) groups is 3. The summed E-state index contributed by atoms with van der Waals surface area (Å²) in [6.45, 7) is 2.46. The Bertz CT molecular complexity index is 1640. The van der Waals surface area contributed by atoms with Crippen LogP contribution in [0.5, 0.6) is 11.5 Å². The molecule has 1 aromatic heterocycles. The smallest absolute Gasteiger partial charge is 0.373 e. The maximum atomic E-state index is 13.0. The summed E-state index contributed by atoms with van der Waals surface area (Å²) in [7, 11) is 1.23. The lowest BCUT2D eigenvalue weighted by atomic mass is 10.1. The number of halogens is 1. The molecular formula is C30H25BrN2O7. The van der Waals surface area contributed by atoms with Crippen LogP contribution in [0.4, 0.5) is 4.79 Å². The van der Waals surface area contributed by atoms with E-state index in [9.17, 15) is 14.4 Å². The Labute approximate surface area is 238 Å². The number of rotatable bonds is 9. The zero-order valence-electron chi connectivity index (χ0n) is 21.7. The highest BCUT2D eigenvalue weighted by molar-refractivity contribution is 9.10. The van der Waals surface area contributed by atoms with Crippen molar-refractivity contribution in [1.82, 2.24) is 10.2 Å². The summed E-state index contributed by atoms with van der Waals surface area (Å²) in [5.74, 6) is 0.0857. The molecule has 9 nitrogen and oxygen atoms in total. The van der Waals surface area contributed by atoms with Gasteiger partial charge in [0.05, 0.1) is 20.3 Å². The summed E-state index contributed by atoms with van der Waals surface area (Å²) in [4.78, 5) is 38.2. The number of nitrogens with one attached hydrogen (secondary N) is 1.